The summed E-state index contributed by atoms with van der Waals surface area (Å²) in [5.74, 6) is 0. The van der Waals surface area contributed by atoms with Crippen molar-refractivity contribution in [3.63, 3.8) is 0 Å². The lowest BCUT2D eigenvalue weighted by Crippen LogP contribution is -2.34. The second-order valence-electron chi connectivity index (χ2n) is 4.97. The van der Waals surface area contributed by atoms with Crippen molar-refractivity contribution in [1.82, 2.24) is 5.32 Å². The minimum absolute atomic E-state index is 0.0152. The van der Waals surface area contributed by atoms with Gasteiger partial charge in [-0.3, -0.25) is 0 Å². The van der Waals surface area contributed by atoms with E-state index in [1.165, 1.54) is 12.1 Å². The quantitative estimate of drug-likeness (QED) is 0.832. The molecule has 1 aromatic rings. The third-order valence-corrected chi connectivity index (χ3v) is 4.17. The minimum atomic E-state index is -4.27. The molecular weight excluding hydrogens is 287 g/mol. The largest absolute Gasteiger partial charge is 0.446 e. The molecule has 1 saturated heterocycles. The van der Waals surface area contributed by atoms with Crippen molar-refractivity contribution in [2.24, 2.45) is 0 Å². The first-order valence-corrected chi connectivity index (χ1v) is 7.54. The maximum atomic E-state index is 12.2. The number of rotatable bonds is 3. The molecule has 1 aromatic carbocycles. The Hall–Kier alpha value is -0.720. The van der Waals surface area contributed by atoms with E-state index in [1.807, 2.05) is 0 Å². The molecule has 1 aliphatic rings. The van der Waals surface area contributed by atoms with Gasteiger partial charge in [0.25, 0.3) is 0 Å². The third-order valence-electron chi connectivity index (χ3n) is 3.43. The normalized spacial score (nSPS) is 22.3. The molecule has 0 aliphatic carbocycles. The van der Waals surface area contributed by atoms with Crippen molar-refractivity contribution >= 4 is 11.8 Å². The van der Waals surface area contributed by atoms with Crippen molar-refractivity contribution in [3.05, 3.63) is 29.8 Å². The average Bonchev–Trinajstić information content (AvgIpc) is 2.66. The maximum absolute atomic E-state index is 12.2. The molecular formula is C14H18F3NOS. The van der Waals surface area contributed by atoms with Crippen LogP contribution in [-0.4, -0.2) is 23.2 Å². The summed E-state index contributed by atoms with van der Waals surface area (Å²) in [5.41, 5.74) is -3.61. The number of aliphatic hydroxyl groups is 1. The number of nitrogens with one attached hydrogen (secondary N) is 1. The molecule has 0 radical (unpaired) electrons. The van der Waals surface area contributed by atoms with Crippen molar-refractivity contribution in [2.75, 3.05) is 6.54 Å². The highest BCUT2D eigenvalue weighted by molar-refractivity contribution is 8.00. The molecule has 1 aliphatic heterocycles. The van der Waals surface area contributed by atoms with Gasteiger partial charge in [0.1, 0.15) is 0 Å². The van der Waals surface area contributed by atoms with Gasteiger partial charge in [0, 0.05) is 10.9 Å². The molecule has 2 unspecified atom stereocenters. The Labute approximate surface area is 120 Å². The van der Waals surface area contributed by atoms with E-state index >= 15 is 0 Å². The molecule has 0 bridgehead atoms. The van der Waals surface area contributed by atoms with E-state index in [-0.39, 0.29) is 22.7 Å². The predicted molar refractivity (Wildman–Crippen MR) is 73.6 cm³/mol. The van der Waals surface area contributed by atoms with Crippen LogP contribution in [0.4, 0.5) is 13.2 Å². The molecule has 2 N–H and O–H groups in total. The van der Waals surface area contributed by atoms with E-state index in [1.54, 1.807) is 12.1 Å². The number of alkyl halides is 3. The standard InChI is InChI=1S/C14H18F3NOS/c15-14(16,17)20-11-7-5-10(6-8-11)13(19)12-4-2-1-3-9-18-12/h5-8,12-13,18-19H,1-4,9H2. The molecule has 6 heteroatoms. The van der Waals surface area contributed by atoms with Gasteiger partial charge in [-0.2, -0.15) is 13.2 Å². The molecule has 20 heavy (non-hydrogen) atoms. The summed E-state index contributed by atoms with van der Waals surface area (Å²) in [7, 11) is 0. The van der Waals surface area contributed by atoms with E-state index in [0.717, 1.165) is 32.2 Å². The van der Waals surface area contributed by atoms with Gasteiger partial charge in [-0.1, -0.05) is 25.0 Å². The Bertz CT molecular complexity index is 413. The van der Waals surface area contributed by atoms with E-state index < -0.39 is 11.6 Å². The SMILES string of the molecule is OC(c1ccc(SC(F)(F)F)cc1)C1CCCCCN1. The fraction of sp³-hybridized carbons (Fsp3) is 0.571. The summed E-state index contributed by atoms with van der Waals surface area (Å²) < 4.78 is 36.7. The zero-order chi connectivity index (χ0) is 14.6. The van der Waals surface area contributed by atoms with E-state index in [4.69, 9.17) is 0 Å². The van der Waals surface area contributed by atoms with Crippen LogP contribution in [0.15, 0.2) is 29.2 Å². The first kappa shape index (κ1) is 15.7. The summed E-state index contributed by atoms with van der Waals surface area (Å²) in [6, 6.07) is 5.95. The summed E-state index contributed by atoms with van der Waals surface area (Å²) in [4.78, 5) is 0.141. The Morgan fingerprint density at radius 2 is 1.85 bits per heavy atom. The first-order valence-electron chi connectivity index (χ1n) is 6.73. The monoisotopic (exact) mass is 305 g/mol. The molecule has 0 spiro atoms. The van der Waals surface area contributed by atoms with Crippen LogP contribution >= 0.6 is 11.8 Å². The summed E-state index contributed by atoms with van der Waals surface area (Å²) in [5, 5.41) is 13.6. The summed E-state index contributed by atoms with van der Waals surface area (Å²) in [6.07, 6.45) is 3.54. The predicted octanol–water partition coefficient (Wildman–Crippen LogP) is 3.86. The average molecular weight is 305 g/mol. The lowest BCUT2D eigenvalue weighted by Gasteiger charge is -2.23. The van der Waals surface area contributed by atoms with Crippen molar-refractivity contribution in [2.45, 2.75) is 48.2 Å². The van der Waals surface area contributed by atoms with Crippen molar-refractivity contribution in [3.8, 4) is 0 Å². The second-order valence-corrected chi connectivity index (χ2v) is 6.11. The van der Waals surface area contributed by atoms with Gasteiger partial charge >= 0.3 is 5.51 Å². The van der Waals surface area contributed by atoms with Gasteiger partial charge in [-0.15, -0.1) is 0 Å². The molecule has 2 atom stereocenters. The van der Waals surface area contributed by atoms with Crippen LogP contribution in [-0.2, 0) is 0 Å². The van der Waals surface area contributed by atoms with Crippen LogP contribution in [0.25, 0.3) is 0 Å². The molecule has 2 nitrogen and oxygen atoms in total. The molecule has 0 aromatic heterocycles. The van der Waals surface area contributed by atoms with Crippen LogP contribution in [0.1, 0.15) is 37.4 Å². The second kappa shape index (κ2) is 6.83. The van der Waals surface area contributed by atoms with E-state index in [2.05, 4.69) is 5.32 Å². The molecule has 1 heterocycles. The lowest BCUT2D eigenvalue weighted by atomic mass is 9.99. The number of aliphatic hydroxyl groups excluding tert-OH is 1. The van der Waals surface area contributed by atoms with Gasteiger partial charge in [0.15, 0.2) is 0 Å². The number of halogens is 3. The molecule has 0 saturated carbocycles. The zero-order valence-electron chi connectivity index (χ0n) is 11.0. The fourth-order valence-corrected chi connectivity index (χ4v) is 2.96. The Balaban J connectivity index is 2.01. The number of hydrogen-bond acceptors (Lipinski definition) is 3. The van der Waals surface area contributed by atoms with Crippen LogP contribution in [0.2, 0.25) is 0 Å². The Morgan fingerprint density at radius 3 is 2.50 bits per heavy atom. The number of benzene rings is 1. The maximum Gasteiger partial charge on any atom is 0.446 e. The summed E-state index contributed by atoms with van der Waals surface area (Å²) >= 11 is -0.137. The Kier molecular flexibility index (Phi) is 5.35. The molecule has 2 rings (SSSR count). The van der Waals surface area contributed by atoms with E-state index in [9.17, 15) is 18.3 Å². The number of hydrogen-bond donors (Lipinski definition) is 2. The van der Waals surface area contributed by atoms with Gasteiger partial charge < -0.3 is 10.4 Å². The third kappa shape index (κ3) is 4.68. The van der Waals surface area contributed by atoms with Gasteiger partial charge in [-0.05, 0) is 48.8 Å². The highest BCUT2D eigenvalue weighted by atomic mass is 32.2. The van der Waals surface area contributed by atoms with E-state index in [0.29, 0.717) is 5.56 Å². The Morgan fingerprint density at radius 1 is 1.15 bits per heavy atom. The highest BCUT2D eigenvalue weighted by Crippen LogP contribution is 2.37. The smallest absolute Gasteiger partial charge is 0.387 e. The van der Waals surface area contributed by atoms with Crippen molar-refractivity contribution in [1.29, 1.82) is 0 Å². The summed E-state index contributed by atoms with van der Waals surface area (Å²) in [6.45, 7) is 0.879. The van der Waals surface area contributed by atoms with Gasteiger partial charge in [0.05, 0.1) is 6.10 Å². The van der Waals surface area contributed by atoms with Crippen LogP contribution in [0.3, 0.4) is 0 Å². The van der Waals surface area contributed by atoms with Crippen LogP contribution < -0.4 is 5.32 Å². The van der Waals surface area contributed by atoms with Gasteiger partial charge in [0.2, 0.25) is 0 Å². The zero-order valence-corrected chi connectivity index (χ0v) is 11.8. The molecule has 112 valence electrons. The topological polar surface area (TPSA) is 32.3 Å². The van der Waals surface area contributed by atoms with Crippen LogP contribution in [0, 0.1) is 0 Å². The lowest BCUT2D eigenvalue weighted by molar-refractivity contribution is -0.0328. The highest BCUT2D eigenvalue weighted by Gasteiger charge is 2.29. The van der Waals surface area contributed by atoms with Gasteiger partial charge in [-0.25, -0.2) is 0 Å². The molecule has 0 amide bonds. The minimum Gasteiger partial charge on any atom is -0.387 e. The van der Waals surface area contributed by atoms with Crippen molar-refractivity contribution < 1.29 is 18.3 Å². The number of thioether (sulfide) groups is 1. The fourth-order valence-electron chi connectivity index (χ4n) is 2.42. The molecule has 1 fully saturated rings. The van der Waals surface area contributed by atoms with Crippen LogP contribution in [0.5, 0.6) is 0 Å². The first-order chi connectivity index (χ1) is 9.46.